The van der Waals surface area contributed by atoms with E-state index in [1.165, 1.54) is 13.8 Å². The van der Waals surface area contributed by atoms with Crippen LogP contribution in [0, 0.1) is 6.92 Å². The maximum atomic E-state index is 11.9. The topological polar surface area (TPSA) is 49.8 Å². The van der Waals surface area contributed by atoms with Gasteiger partial charge in [-0.15, -0.1) is 0 Å². The van der Waals surface area contributed by atoms with E-state index < -0.39 is 5.60 Å². The van der Waals surface area contributed by atoms with Crippen LogP contribution in [0.2, 0.25) is 0 Å². The lowest BCUT2D eigenvalue weighted by atomic mass is 10.1. The summed E-state index contributed by atoms with van der Waals surface area (Å²) in [6.45, 7) is 5.56. The summed E-state index contributed by atoms with van der Waals surface area (Å²) in [6.07, 6.45) is 0.698. The van der Waals surface area contributed by atoms with Crippen molar-refractivity contribution >= 4 is 5.91 Å². The van der Waals surface area contributed by atoms with Crippen molar-refractivity contribution in [3.05, 3.63) is 29.3 Å². The first-order valence-corrected chi connectivity index (χ1v) is 6.37. The van der Waals surface area contributed by atoms with Gasteiger partial charge in [0.1, 0.15) is 11.4 Å². The zero-order valence-corrected chi connectivity index (χ0v) is 12.4. The van der Waals surface area contributed by atoms with Crippen LogP contribution in [0.4, 0.5) is 0 Å². The number of aryl methyl sites for hydroxylation is 1. The highest BCUT2D eigenvalue weighted by atomic mass is 16.5. The molecule has 1 amide bonds. The summed E-state index contributed by atoms with van der Waals surface area (Å²) in [6, 6.07) is 5.98. The summed E-state index contributed by atoms with van der Waals surface area (Å²) in [5, 5.41) is 9.68. The Morgan fingerprint density at radius 1 is 1.42 bits per heavy atom. The van der Waals surface area contributed by atoms with Gasteiger partial charge in [-0.1, -0.05) is 17.7 Å². The molecule has 4 heteroatoms. The van der Waals surface area contributed by atoms with Crippen molar-refractivity contribution < 1.29 is 14.6 Å². The highest BCUT2D eigenvalue weighted by Gasteiger charge is 2.27. The molecule has 0 aliphatic rings. The van der Waals surface area contributed by atoms with Crippen molar-refractivity contribution in [1.82, 2.24) is 4.90 Å². The van der Waals surface area contributed by atoms with Crippen LogP contribution in [-0.2, 0) is 11.2 Å². The van der Waals surface area contributed by atoms with Gasteiger partial charge in [-0.3, -0.25) is 4.79 Å². The van der Waals surface area contributed by atoms with Gasteiger partial charge in [0.15, 0.2) is 0 Å². The zero-order valence-electron chi connectivity index (χ0n) is 12.4. The molecule has 0 saturated carbocycles. The van der Waals surface area contributed by atoms with Gasteiger partial charge in [0.25, 0.3) is 5.91 Å². The van der Waals surface area contributed by atoms with Crippen molar-refractivity contribution in [3.63, 3.8) is 0 Å². The number of hydrogen-bond donors (Lipinski definition) is 1. The minimum Gasteiger partial charge on any atom is -0.496 e. The smallest absolute Gasteiger partial charge is 0.253 e. The number of amides is 1. The molecule has 0 radical (unpaired) electrons. The third kappa shape index (κ3) is 4.24. The Kier molecular flexibility index (Phi) is 4.95. The Labute approximate surface area is 115 Å². The van der Waals surface area contributed by atoms with Crippen molar-refractivity contribution in [2.75, 3.05) is 20.7 Å². The average molecular weight is 265 g/mol. The molecule has 0 aromatic heterocycles. The van der Waals surface area contributed by atoms with E-state index in [0.717, 1.165) is 16.9 Å². The zero-order chi connectivity index (χ0) is 14.6. The van der Waals surface area contributed by atoms with Crippen molar-refractivity contribution in [1.29, 1.82) is 0 Å². The number of benzene rings is 1. The molecule has 1 aromatic rings. The van der Waals surface area contributed by atoms with Crippen molar-refractivity contribution in [2.45, 2.75) is 32.8 Å². The lowest BCUT2D eigenvalue weighted by Gasteiger charge is -2.25. The van der Waals surface area contributed by atoms with E-state index in [1.54, 1.807) is 19.1 Å². The van der Waals surface area contributed by atoms with Gasteiger partial charge in [0.05, 0.1) is 7.11 Å². The summed E-state index contributed by atoms with van der Waals surface area (Å²) >= 11 is 0. The van der Waals surface area contributed by atoms with Crippen LogP contribution in [0.5, 0.6) is 5.75 Å². The quantitative estimate of drug-likeness (QED) is 0.883. The first-order valence-electron chi connectivity index (χ1n) is 6.37. The summed E-state index contributed by atoms with van der Waals surface area (Å²) in [7, 11) is 3.34. The molecule has 0 spiro atoms. The minimum atomic E-state index is -1.33. The van der Waals surface area contributed by atoms with E-state index >= 15 is 0 Å². The van der Waals surface area contributed by atoms with Crippen LogP contribution >= 0.6 is 0 Å². The molecule has 0 unspecified atom stereocenters. The van der Waals surface area contributed by atoms with Crippen LogP contribution in [0.1, 0.15) is 25.0 Å². The second kappa shape index (κ2) is 6.06. The molecular formula is C15H23NO3. The second-order valence-electron chi connectivity index (χ2n) is 5.35. The summed E-state index contributed by atoms with van der Waals surface area (Å²) in [4.78, 5) is 13.4. The third-order valence-corrected chi connectivity index (χ3v) is 3.02. The molecule has 0 atom stereocenters. The number of ether oxygens (including phenoxy) is 1. The molecule has 0 aliphatic heterocycles. The van der Waals surface area contributed by atoms with Gasteiger partial charge in [-0.05, 0) is 38.8 Å². The monoisotopic (exact) mass is 265 g/mol. The van der Waals surface area contributed by atoms with E-state index in [1.807, 2.05) is 19.1 Å². The molecule has 0 heterocycles. The van der Waals surface area contributed by atoms with Gasteiger partial charge >= 0.3 is 0 Å². The highest BCUT2D eigenvalue weighted by molar-refractivity contribution is 5.83. The Morgan fingerprint density at radius 3 is 2.58 bits per heavy atom. The van der Waals surface area contributed by atoms with Crippen LogP contribution < -0.4 is 4.74 Å². The predicted molar refractivity (Wildman–Crippen MR) is 75.4 cm³/mol. The van der Waals surface area contributed by atoms with E-state index in [2.05, 4.69) is 6.07 Å². The highest BCUT2D eigenvalue weighted by Crippen LogP contribution is 2.20. The standard InChI is InChI=1S/C15H23NO3/c1-11-6-7-13(19-5)12(10-11)8-9-16(4)14(17)15(2,3)18/h6-7,10,18H,8-9H2,1-5H3. The van der Waals surface area contributed by atoms with Crippen LogP contribution in [0.15, 0.2) is 18.2 Å². The molecule has 4 nitrogen and oxygen atoms in total. The number of likely N-dealkylation sites (N-methyl/N-ethyl adjacent to an activating group) is 1. The Balaban J connectivity index is 2.72. The maximum Gasteiger partial charge on any atom is 0.253 e. The molecule has 106 valence electrons. The Morgan fingerprint density at radius 2 is 2.05 bits per heavy atom. The van der Waals surface area contributed by atoms with Crippen LogP contribution in [0.25, 0.3) is 0 Å². The Hall–Kier alpha value is -1.55. The fraction of sp³-hybridized carbons (Fsp3) is 0.533. The Bertz CT molecular complexity index is 449. The fourth-order valence-electron chi connectivity index (χ4n) is 1.96. The first-order chi connectivity index (χ1) is 8.75. The summed E-state index contributed by atoms with van der Waals surface area (Å²) < 4.78 is 5.31. The summed E-state index contributed by atoms with van der Waals surface area (Å²) in [5.74, 6) is 0.550. The molecule has 1 aromatic carbocycles. The third-order valence-electron chi connectivity index (χ3n) is 3.02. The van der Waals surface area contributed by atoms with Crippen molar-refractivity contribution in [2.24, 2.45) is 0 Å². The minimum absolute atomic E-state index is 0.279. The molecule has 1 N–H and O–H groups in total. The van der Waals surface area contributed by atoms with E-state index in [9.17, 15) is 9.90 Å². The van der Waals surface area contributed by atoms with Gasteiger partial charge in [-0.25, -0.2) is 0 Å². The van der Waals surface area contributed by atoms with Gasteiger partial charge in [0, 0.05) is 13.6 Å². The summed E-state index contributed by atoms with van der Waals surface area (Å²) in [5.41, 5.74) is 0.899. The van der Waals surface area contributed by atoms with E-state index in [-0.39, 0.29) is 5.91 Å². The number of carbonyl (C=O) groups excluding carboxylic acids is 1. The SMILES string of the molecule is COc1ccc(C)cc1CCN(C)C(=O)C(C)(C)O. The predicted octanol–water partition coefficient (Wildman–Crippen LogP) is 1.78. The van der Waals surface area contributed by atoms with Gasteiger partial charge < -0.3 is 14.7 Å². The molecule has 1 rings (SSSR count). The van der Waals surface area contributed by atoms with Crippen LogP contribution in [-0.4, -0.2) is 42.2 Å². The number of carbonyl (C=O) groups is 1. The molecule has 0 saturated heterocycles. The van der Waals surface area contributed by atoms with Gasteiger partial charge in [-0.2, -0.15) is 0 Å². The van der Waals surface area contributed by atoms with Crippen molar-refractivity contribution in [3.8, 4) is 5.75 Å². The fourth-order valence-corrected chi connectivity index (χ4v) is 1.96. The molecule has 0 aliphatic carbocycles. The maximum absolute atomic E-state index is 11.9. The number of rotatable bonds is 5. The molecule has 19 heavy (non-hydrogen) atoms. The number of nitrogens with zero attached hydrogens (tertiary/aromatic N) is 1. The van der Waals surface area contributed by atoms with Crippen LogP contribution in [0.3, 0.4) is 0 Å². The number of aliphatic hydroxyl groups is 1. The number of methoxy groups -OCH3 is 1. The lowest BCUT2D eigenvalue weighted by Crippen LogP contribution is -2.43. The first kappa shape index (κ1) is 15.5. The molecular weight excluding hydrogens is 242 g/mol. The molecule has 0 fully saturated rings. The lowest BCUT2D eigenvalue weighted by molar-refractivity contribution is -0.146. The van der Waals surface area contributed by atoms with E-state index in [0.29, 0.717) is 13.0 Å². The van der Waals surface area contributed by atoms with E-state index in [4.69, 9.17) is 4.74 Å². The normalized spacial score (nSPS) is 11.3. The second-order valence-corrected chi connectivity index (χ2v) is 5.35. The number of hydrogen-bond acceptors (Lipinski definition) is 3. The average Bonchev–Trinajstić information content (AvgIpc) is 2.34. The largest absolute Gasteiger partial charge is 0.496 e. The molecule has 0 bridgehead atoms. The van der Waals surface area contributed by atoms with Gasteiger partial charge in [0.2, 0.25) is 0 Å².